The summed E-state index contributed by atoms with van der Waals surface area (Å²) in [6.45, 7) is 9.42. The van der Waals surface area contributed by atoms with E-state index >= 15 is 0 Å². The van der Waals surface area contributed by atoms with Crippen molar-refractivity contribution in [1.82, 2.24) is 10.6 Å². The summed E-state index contributed by atoms with van der Waals surface area (Å²) in [5.74, 6) is 2.29. The van der Waals surface area contributed by atoms with Crippen LogP contribution in [-0.4, -0.2) is 32.8 Å². The maximum Gasteiger partial charge on any atom is 0.122 e. The van der Waals surface area contributed by atoms with E-state index in [1.807, 2.05) is 6.07 Å². The Morgan fingerprint density at radius 3 is 2.83 bits per heavy atom. The van der Waals surface area contributed by atoms with E-state index in [9.17, 15) is 0 Å². The molecule has 1 unspecified atom stereocenters. The lowest BCUT2D eigenvalue weighted by Crippen LogP contribution is -2.32. The van der Waals surface area contributed by atoms with Crippen LogP contribution in [0.3, 0.4) is 0 Å². The molecule has 0 saturated heterocycles. The van der Waals surface area contributed by atoms with Crippen LogP contribution in [0.15, 0.2) is 24.3 Å². The summed E-state index contributed by atoms with van der Waals surface area (Å²) in [5, 5.41) is 6.94. The highest BCUT2D eigenvalue weighted by Gasteiger charge is 2.22. The highest BCUT2D eigenvalue weighted by molar-refractivity contribution is 5.39. The van der Waals surface area contributed by atoms with Crippen LogP contribution >= 0.6 is 0 Å². The van der Waals surface area contributed by atoms with Gasteiger partial charge in [-0.2, -0.15) is 0 Å². The zero-order chi connectivity index (χ0) is 12.8. The molecule has 0 fully saturated rings. The Kier molecular flexibility index (Phi) is 5.02. The molecular formula is C15H24N2O. The van der Waals surface area contributed by atoms with Crippen molar-refractivity contribution in [3.63, 3.8) is 0 Å². The van der Waals surface area contributed by atoms with E-state index in [-0.39, 0.29) is 0 Å². The molecular weight excluding hydrogens is 224 g/mol. The SMILES string of the molecule is CC(C)CNCCNCC1COc2ccccc21. The summed E-state index contributed by atoms with van der Waals surface area (Å²) >= 11 is 0. The van der Waals surface area contributed by atoms with Gasteiger partial charge in [-0.15, -0.1) is 0 Å². The van der Waals surface area contributed by atoms with E-state index in [1.54, 1.807) is 0 Å². The quantitative estimate of drug-likeness (QED) is 0.724. The molecule has 0 radical (unpaired) electrons. The predicted molar refractivity (Wildman–Crippen MR) is 75.3 cm³/mol. The number of ether oxygens (including phenoxy) is 1. The lowest BCUT2D eigenvalue weighted by Gasteiger charge is -2.11. The van der Waals surface area contributed by atoms with Crippen molar-refractivity contribution < 1.29 is 4.74 Å². The Labute approximate surface area is 110 Å². The smallest absolute Gasteiger partial charge is 0.122 e. The zero-order valence-electron chi connectivity index (χ0n) is 11.4. The van der Waals surface area contributed by atoms with Gasteiger partial charge in [-0.3, -0.25) is 0 Å². The average Bonchev–Trinajstić information content (AvgIpc) is 2.77. The van der Waals surface area contributed by atoms with E-state index in [1.165, 1.54) is 5.56 Å². The Balaban J connectivity index is 1.64. The molecule has 1 aliphatic rings. The minimum Gasteiger partial charge on any atom is -0.493 e. The van der Waals surface area contributed by atoms with Crippen LogP contribution in [0.1, 0.15) is 25.3 Å². The fourth-order valence-electron chi connectivity index (χ4n) is 2.24. The van der Waals surface area contributed by atoms with Gasteiger partial charge >= 0.3 is 0 Å². The van der Waals surface area contributed by atoms with Crippen LogP contribution in [-0.2, 0) is 0 Å². The first-order valence-electron chi connectivity index (χ1n) is 6.90. The summed E-state index contributed by atoms with van der Waals surface area (Å²) in [6, 6.07) is 8.35. The molecule has 2 rings (SSSR count). The van der Waals surface area contributed by atoms with Crippen molar-refractivity contribution in [2.24, 2.45) is 5.92 Å². The van der Waals surface area contributed by atoms with Gasteiger partial charge in [0, 0.05) is 31.1 Å². The number of hydrogen-bond acceptors (Lipinski definition) is 3. The van der Waals surface area contributed by atoms with Crippen molar-refractivity contribution in [3.8, 4) is 5.75 Å². The molecule has 1 aromatic rings. The summed E-state index contributed by atoms with van der Waals surface area (Å²) in [7, 11) is 0. The van der Waals surface area contributed by atoms with Crippen molar-refractivity contribution in [3.05, 3.63) is 29.8 Å². The van der Waals surface area contributed by atoms with Crippen LogP contribution in [0.4, 0.5) is 0 Å². The molecule has 0 bridgehead atoms. The van der Waals surface area contributed by atoms with Crippen LogP contribution in [0.5, 0.6) is 5.75 Å². The summed E-state index contributed by atoms with van der Waals surface area (Å²) in [4.78, 5) is 0. The minimum atomic E-state index is 0.506. The first kappa shape index (κ1) is 13.4. The van der Waals surface area contributed by atoms with Gasteiger partial charge in [-0.1, -0.05) is 32.0 Å². The number of hydrogen-bond donors (Lipinski definition) is 2. The molecule has 1 aromatic carbocycles. The van der Waals surface area contributed by atoms with Gasteiger partial charge in [0.1, 0.15) is 5.75 Å². The fraction of sp³-hybridized carbons (Fsp3) is 0.600. The molecule has 0 saturated carbocycles. The van der Waals surface area contributed by atoms with Gasteiger partial charge in [-0.25, -0.2) is 0 Å². The lowest BCUT2D eigenvalue weighted by atomic mass is 10.0. The molecule has 2 N–H and O–H groups in total. The number of benzene rings is 1. The lowest BCUT2D eigenvalue weighted by molar-refractivity contribution is 0.326. The van der Waals surface area contributed by atoms with Gasteiger partial charge in [0.25, 0.3) is 0 Å². The monoisotopic (exact) mass is 248 g/mol. The second-order valence-corrected chi connectivity index (χ2v) is 5.35. The molecule has 1 heterocycles. The Bertz CT molecular complexity index is 365. The standard InChI is InChI=1S/C15H24N2O/c1-12(2)9-16-7-8-17-10-13-11-18-15-6-4-3-5-14(13)15/h3-6,12-13,16-17H,7-11H2,1-2H3. The predicted octanol–water partition coefficient (Wildman–Crippen LogP) is 2.00. The Hall–Kier alpha value is -1.06. The second-order valence-electron chi connectivity index (χ2n) is 5.35. The van der Waals surface area contributed by atoms with Crippen LogP contribution in [0.25, 0.3) is 0 Å². The van der Waals surface area contributed by atoms with Gasteiger partial charge in [0.05, 0.1) is 6.61 Å². The first-order valence-corrected chi connectivity index (χ1v) is 6.90. The van der Waals surface area contributed by atoms with Gasteiger partial charge < -0.3 is 15.4 Å². The third kappa shape index (κ3) is 3.72. The molecule has 0 amide bonds. The molecule has 1 aliphatic heterocycles. The van der Waals surface area contributed by atoms with Crippen molar-refractivity contribution >= 4 is 0 Å². The van der Waals surface area contributed by atoms with Crippen molar-refractivity contribution in [2.45, 2.75) is 19.8 Å². The van der Waals surface area contributed by atoms with E-state index in [0.717, 1.165) is 44.5 Å². The third-order valence-corrected chi connectivity index (χ3v) is 3.22. The summed E-state index contributed by atoms with van der Waals surface area (Å²) in [6.07, 6.45) is 0. The normalized spacial score (nSPS) is 17.8. The maximum absolute atomic E-state index is 5.67. The van der Waals surface area contributed by atoms with Crippen molar-refractivity contribution in [2.75, 3.05) is 32.8 Å². The van der Waals surface area contributed by atoms with Gasteiger partial charge in [0.15, 0.2) is 0 Å². The number of para-hydroxylation sites is 1. The molecule has 18 heavy (non-hydrogen) atoms. The minimum absolute atomic E-state index is 0.506. The third-order valence-electron chi connectivity index (χ3n) is 3.22. The number of rotatable bonds is 7. The first-order chi connectivity index (χ1) is 8.77. The van der Waals surface area contributed by atoms with Gasteiger partial charge in [-0.05, 0) is 18.5 Å². The van der Waals surface area contributed by atoms with Crippen molar-refractivity contribution in [1.29, 1.82) is 0 Å². The Morgan fingerprint density at radius 2 is 2.00 bits per heavy atom. The largest absolute Gasteiger partial charge is 0.493 e. The summed E-state index contributed by atoms with van der Waals surface area (Å²) in [5.41, 5.74) is 1.35. The highest BCUT2D eigenvalue weighted by Crippen LogP contribution is 2.32. The molecule has 1 atom stereocenters. The van der Waals surface area contributed by atoms with E-state index in [0.29, 0.717) is 5.92 Å². The molecule has 3 heteroatoms. The zero-order valence-corrected chi connectivity index (χ0v) is 11.4. The second kappa shape index (κ2) is 6.76. The van der Waals surface area contributed by atoms with Crippen LogP contribution in [0, 0.1) is 5.92 Å². The van der Waals surface area contributed by atoms with E-state index in [4.69, 9.17) is 4.74 Å². The van der Waals surface area contributed by atoms with Crippen LogP contribution in [0.2, 0.25) is 0 Å². The molecule has 100 valence electrons. The molecule has 0 spiro atoms. The molecule has 3 nitrogen and oxygen atoms in total. The number of fused-ring (bicyclic) bond motifs is 1. The molecule has 0 aliphatic carbocycles. The fourth-order valence-corrected chi connectivity index (χ4v) is 2.24. The Morgan fingerprint density at radius 1 is 1.22 bits per heavy atom. The number of nitrogens with one attached hydrogen (secondary N) is 2. The van der Waals surface area contributed by atoms with E-state index in [2.05, 4.69) is 42.7 Å². The highest BCUT2D eigenvalue weighted by atomic mass is 16.5. The molecule has 0 aromatic heterocycles. The van der Waals surface area contributed by atoms with E-state index < -0.39 is 0 Å². The van der Waals surface area contributed by atoms with Gasteiger partial charge in [0.2, 0.25) is 0 Å². The maximum atomic E-state index is 5.67. The van der Waals surface area contributed by atoms with Crippen LogP contribution < -0.4 is 15.4 Å². The average molecular weight is 248 g/mol. The topological polar surface area (TPSA) is 33.3 Å². The summed E-state index contributed by atoms with van der Waals surface area (Å²) < 4.78 is 5.67.